The first-order chi connectivity index (χ1) is 33.8. The smallest absolute Gasteiger partial charge is 0.543 e. The molecular formula is C36H42N17NaO13S5. The Kier molecular flexibility index (Phi) is 18.5. The van der Waals surface area contributed by atoms with Gasteiger partial charge in [0.2, 0.25) is 17.0 Å². The number of aryl methyl sites for hydroxylation is 2. The average Bonchev–Trinajstić information content (AvgIpc) is 4.12. The van der Waals surface area contributed by atoms with Crippen molar-refractivity contribution in [2.75, 3.05) is 49.8 Å². The van der Waals surface area contributed by atoms with Crippen LogP contribution in [-0.4, -0.2) is 218 Å². The van der Waals surface area contributed by atoms with Crippen molar-refractivity contribution in [2.24, 2.45) is 7.05 Å². The van der Waals surface area contributed by atoms with Gasteiger partial charge in [0.15, 0.2) is 4.34 Å². The number of nitrogens with zero attached hydrogens (tertiary/aromatic N) is 14. The Morgan fingerprint density at radius 3 is 2.28 bits per heavy atom. The van der Waals surface area contributed by atoms with Gasteiger partial charge in [-0.05, 0) is 52.8 Å². The van der Waals surface area contributed by atoms with Crippen LogP contribution in [0.3, 0.4) is 0 Å². The Morgan fingerprint density at radius 1 is 0.972 bits per heavy atom. The Morgan fingerprint density at radius 2 is 1.68 bits per heavy atom. The summed E-state index contributed by atoms with van der Waals surface area (Å²) in [6.45, 7) is 4.84. The molecule has 5 aliphatic rings. The zero-order valence-corrected chi connectivity index (χ0v) is 44.9. The summed E-state index contributed by atoms with van der Waals surface area (Å²) in [6.07, 6.45) is -0.214. The number of hydrogen-bond donors (Lipinski definition) is 5. The van der Waals surface area contributed by atoms with Gasteiger partial charge in [-0.3, -0.25) is 43.5 Å². The number of aromatic nitrogens is 10. The van der Waals surface area contributed by atoms with Crippen LogP contribution in [-0.2, 0) is 56.7 Å². The van der Waals surface area contributed by atoms with Crippen molar-refractivity contribution in [3.63, 3.8) is 0 Å². The summed E-state index contributed by atoms with van der Waals surface area (Å²) >= 11 is 6.51. The number of carboxylic acids is 2. The number of methoxy groups -OCH3 is 1. The number of aliphatic carboxylic acids is 2. The standard InChI is InChI=1S/C22H29N9O9S2.C14H14N8O4S3.Na/c1-5-29-6-7-30(16(35)15(29)34)20(39)23-12(10(2)32)14(33)24-22(40-4)18(38)31-13(17(36)37)11(8-41-19(22)31)9-42-21-25-26-27-28(21)3;1-6-17-18-14(29-6)28-4-7-3-27-12-9(11(24)22(12)10(7)13(25)26)16-8(23)2-21-5-15-19-20-21;/h10,12,19,32H,5-9H2,1-4H3,(H,23,39)(H,24,33)(H,36,37);5,9,12H,2-4H2,1H3,(H,16,23)(H,25,26);/q;;+1/p-1/t10-,12+,19+,22-;9-,12-;/m01./s1. The van der Waals surface area contributed by atoms with Gasteiger partial charge in [0.05, 0.1) is 17.8 Å². The predicted octanol–water partition coefficient (Wildman–Crippen LogP) is -7.80. The second-order valence-electron chi connectivity index (χ2n) is 15.5. The number of aliphatic hydroxyl groups excluding tert-OH is 1. The quantitative estimate of drug-likeness (QED) is 0.0276. The van der Waals surface area contributed by atoms with Crippen LogP contribution in [0.4, 0.5) is 4.79 Å². The monoisotopic (exact) mass is 1100 g/mol. The molecule has 3 saturated heterocycles. The van der Waals surface area contributed by atoms with Gasteiger partial charge in [-0.15, -0.1) is 43.9 Å². The molecule has 8 amide bonds. The molecule has 36 heteroatoms. The summed E-state index contributed by atoms with van der Waals surface area (Å²) < 4.78 is 8.79. The Balaban J connectivity index is 0.000000247. The first kappa shape index (κ1) is 56.0. The first-order valence-corrected chi connectivity index (χ1v) is 25.7. The number of imide groups is 1. The number of thioether (sulfide) groups is 4. The van der Waals surface area contributed by atoms with Crippen LogP contribution >= 0.6 is 58.4 Å². The minimum absolute atomic E-state index is 0. The molecule has 3 aromatic heterocycles. The molecule has 0 aromatic carbocycles. The molecule has 0 aliphatic carbocycles. The minimum Gasteiger partial charge on any atom is -0.543 e. The van der Waals surface area contributed by atoms with Crippen LogP contribution in [0.2, 0.25) is 0 Å². The number of likely N-dealkylation sites (N-methyl/N-ethyl adjacent to an activating group) is 1. The van der Waals surface area contributed by atoms with E-state index in [0.717, 1.165) is 33.1 Å². The van der Waals surface area contributed by atoms with E-state index in [2.05, 4.69) is 57.2 Å². The third-order valence-electron chi connectivity index (χ3n) is 11.0. The number of β-lactam (4-membered cyclic amide) rings is 2. The van der Waals surface area contributed by atoms with Crippen LogP contribution in [0.1, 0.15) is 18.9 Å². The number of tetrazole rings is 2. The number of carbonyl (C=O) groups excluding carboxylic acids is 8. The third-order valence-corrected chi connectivity index (χ3v) is 16.9. The molecule has 72 heavy (non-hydrogen) atoms. The van der Waals surface area contributed by atoms with Gasteiger partial charge in [0, 0.05) is 56.8 Å². The van der Waals surface area contributed by atoms with Crippen molar-refractivity contribution in [2.45, 2.75) is 71.5 Å². The van der Waals surface area contributed by atoms with E-state index in [9.17, 15) is 58.5 Å². The molecule has 380 valence electrons. The van der Waals surface area contributed by atoms with Gasteiger partial charge < -0.3 is 45.7 Å². The largest absolute Gasteiger partial charge is 1.00 e. The van der Waals surface area contributed by atoms with Crippen molar-refractivity contribution in [3.05, 3.63) is 33.9 Å². The second-order valence-corrected chi connectivity index (χ2v) is 21.0. The topological polar surface area (TPSA) is 388 Å². The third kappa shape index (κ3) is 11.4. The number of carbonyl (C=O) groups is 9. The van der Waals surface area contributed by atoms with Crippen molar-refractivity contribution in [1.82, 2.24) is 86.2 Å². The fourth-order valence-electron chi connectivity index (χ4n) is 7.48. The molecule has 6 atom stereocenters. The van der Waals surface area contributed by atoms with Crippen molar-refractivity contribution < 1.29 is 92.8 Å². The number of fused-ring (bicyclic) bond motifs is 2. The second kappa shape index (κ2) is 23.7. The molecule has 0 bridgehead atoms. The molecule has 3 fully saturated rings. The number of rotatable bonds is 17. The molecule has 3 aromatic rings. The minimum atomic E-state index is -2.01. The fourth-order valence-corrected chi connectivity index (χ4v) is 13.2. The SMILES string of the molecule is CCN1CCN(C(=O)N[C@@H](C(=O)N[C@]2(OC)C(=O)N3C(C(=O)O)=C(CSc4nnnn4C)CS[C@@H]32)[C@H](C)O)C(=O)C1=O.Cc1nnc(SCC2=C(C(=O)[O-])N3C(=O)[C@@H](NC(=O)Cn4cnnn4)[C@H]3SC2)s1.[Na+]. The van der Waals surface area contributed by atoms with E-state index >= 15 is 0 Å². The number of hydrogen-bond acceptors (Lipinski definition) is 25. The number of nitrogens with one attached hydrogen (secondary N) is 3. The first-order valence-electron chi connectivity index (χ1n) is 20.8. The summed E-state index contributed by atoms with van der Waals surface area (Å²) in [4.78, 5) is 117. The van der Waals surface area contributed by atoms with E-state index in [0.29, 0.717) is 32.7 Å². The van der Waals surface area contributed by atoms with Gasteiger partial charge in [0.25, 0.3) is 17.5 Å². The van der Waals surface area contributed by atoms with Crippen LogP contribution in [0, 0.1) is 6.92 Å². The average molecular weight is 1100 g/mol. The molecule has 8 rings (SSSR count). The van der Waals surface area contributed by atoms with E-state index in [4.69, 9.17) is 4.74 Å². The summed E-state index contributed by atoms with van der Waals surface area (Å²) in [5.41, 5.74) is -1.39. The summed E-state index contributed by atoms with van der Waals surface area (Å²) in [7, 11) is 2.78. The van der Waals surface area contributed by atoms with Gasteiger partial charge >= 0.3 is 53.4 Å². The summed E-state index contributed by atoms with van der Waals surface area (Å²) in [6, 6.07) is -3.55. The molecule has 8 heterocycles. The Hall–Kier alpha value is -5.27. The van der Waals surface area contributed by atoms with E-state index < -0.39 is 88.1 Å². The van der Waals surface area contributed by atoms with Gasteiger partial charge in [-0.25, -0.2) is 19.0 Å². The van der Waals surface area contributed by atoms with Crippen LogP contribution < -0.4 is 50.6 Å². The Bertz CT molecular complexity index is 2710. The van der Waals surface area contributed by atoms with E-state index in [1.54, 1.807) is 14.0 Å². The zero-order chi connectivity index (χ0) is 51.5. The molecule has 30 nitrogen and oxygen atoms in total. The van der Waals surface area contributed by atoms with Gasteiger partial charge in [-0.1, -0.05) is 34.9 Å². The Labute approximate surface area is 449 Å². The number of amides is 8. The molecule has 0 spiro atoms. The summed E-state index contributed by atoms with van der Waals surface area (Å²) in [5, 5.41) is 68.5. The molecule has 0 saturated carbocycles. The van der Waals surface area contributed by atoms with Crippen LogP contribution in [0.25, 0.3) is 0 Å². The molecular weight excluding hydrogens is 1060 g/mol. The van der Waals surface area contributed by atoms with E-state index in [-0.39, 0.29) is 78.6 Å². The molecule has 0 radical (unpaired) electrons. The maximum atomic E-state index is 13.4. The number of urea groups is 1. The molecule has 0 unspecified atom stereocenters. The van der Waals surface area contributed by atoms with Gasteiger partial charge in [-0.2, -0.15) is 0 Å². The number of ether oxygens (including phenoxy) is 1. The normalized spacial score (nSPS) is 22.3. The zero-order valence-electron chi connectivity index (χ0n) is 38.8. The van der Waals surface area contributed by atoms with Gasteiger partial charge in [0.1, 0.15) is 46.4 Å². The molecule has 5 aliphatic heterocycles. The predicted molar refractivity (Wildman–Crippen MR) is 243 cm³/mol. The number of piperazine rings is 1. The number of aliphatic hydroxyl groups is 1. The van der Waals surface area contributed by atoms with Crippen molar-refractivity contribution in [1.29, 1.82) is 0 Å². The summed E-state index contributed by atoms with van der Waals surface area (Å²) in [5.74, 6) is -6.44. The molecule has 5 N–H and O–H groups in total. The van der Waals surface area contributed by atoms with Crippen LogP contribution in [0.5, 0.6) is 0 Å². The van der Waals surface area contributed by atoms with Crippen molar-refractivity contribution in [3.8, 4) is 0 Å². The van der Waals surface area contributed by atoms with E-state index in [1.165, 1.54) is 79.0 Å². The fraction of sp³-hybridized carbons (Fsp3) is 0.528. The van der Waals surface area contributed by atoms with Crippen molar-refractivity contribution >= 4 is 112 Å². The van der Waals surface area contributed by atoms with E-state index in [1.807, 2.05) is 6.92 Å². The maximum absolute atomic E-state index is 13.4. The van der Waals surface area contributed by atoms with Crippen LogP contribution in [0.15, 0.2) is 38.4 Å². The number of carboxylic acid groups (broad SMARTS) is 2. The maximum Gasteiger partial charge on any atom is 1.00 e.